The van der Waals surface area contributed by atoms with Gasteiger partial charge in [-0.15, -0.1) is 0 Å². The van der Waals surface area contributed by atoms with Gasteiger partial charge in [0.15, 0.2) is 5.78 Å². The van der Waals surface area contributed by atoms with Gasteiger partial charge in [0.25, 0.3) is 5.91 Å². The van der Waals surface area contributed by atoms with Crippen molar-refractivity contribution in [3.8, 4) is 0 Å². The van der Waals surface area contributed by atoms with Crippen molar-refractivity contribution in [2.75, 3.05) is 6.54 Å². The van der Waals surface area contributed by atoms with E-state index in [2.05, 4.69) is 19.2 Å². The van der Waals surface area contributed by atoms with Gasteiger partial charge in [0, 0.05) is 5.56 Å². The van der Waals surface area contributed by atoms with E-state index in [9.17, 15) is 14.4 Å². The molecule has 3 rings (SSSR count). The monoisotopic (exact) mass is 378 g/mol. The largest absolute Gasteiger partial charge is 0.325 e. The number of benzene rings is 2. The van der Waals surface area contributed by atoms with Gasteiger partial charge in [-0.25, -0.2) is 4.79 Å². The van der Waals surface area contributed by atoms with Crippen LogP contribution < -0.4 is 5.32 Å². The lowest BCUT2D eigenvalue weighted by atomic mass is 9.91. The molecule has 2 aromatic carbocycles. The molecule has 5 nitrogen and oxygen atoms in total. The number of hydrogen-bond acceptors (Lipinski definition) is 3. The highest BCUT2D eigenvalue weighted by atomic mass is 16.2. The van der Waals surface area contributed by atoms with Crippen LogP contribution in [-0.2, 0) is 10.3 Å². The third-order valence-corrected chi connectivity index (χ3v) is 5.62. The van der Waals surface area contributed by atoms with Crippen LogP contribution in [0, 0.1) is 6.92 Å². The highest BCUT2D eigenvalue weighted by molar-refractivity contribution is 6.11. The van der Waals surface area contributed by atoms with Crippen molar-refractivity contribution in [3.05, 3.63) is 70.8 Å². The van der Waals surface area contributed by atoms with Gasteiger partial charge in [-0.1, -0.05) is 67.9 Å². The Balaban J connectivity index is 1.77. The van der Waals surface area contributed by atoms with E-state index in [1.807, 2.05) is 43.3 Å². The summed E-state index contributed by atoms with van der Waals surface area (Å²) in [5.41, 5.74) is 2.27. The molecule has 5 heteroatoms. The average molecular weight is 378 g/mol. The van der Waals surface area contributed by atoms with Crippen LogP contribution in [-0.4, -0.2) is 29.2 Å². The van der Waals surface area contributed by atoms with Gasteiger partial charge in [-0.3, -0.25) is 14.5 Å². The summed E-state index contributed by atoms with van der Waals surface area (Å²) >= 11 is 0. The third-order valence-electron chi connectivity index (χ3n) is 5.62. The smallest absolute Gasteiger partial charge is 0.319 e. The summed E-state index contributed by atoms with van der Waals surface area (Å²) in [5.74, 6) is -0.247. The summed E-state index contributed by atoms with van der Waals surface area (Å²) in [6.45, 7) is 7.61. The van der Waals surface area contributed by atoms with Gasteiger partial charge >= 0.3 is 6.03 Å². The molecule has 1 N–H and O–H groups in total. The van der Waals surface area contributed by atoms with Gasteiger partial charge < -0.3 is 5.32 Å². The molecule has 0 saturated carbocycles. The maximum atomic E-state index is 13.0. The predicted molar refractivity (Wildman–Crippen MR) is 108 cm³/mol. The van der Waals surface area contributed by atoms with E-state index in [0.717, 1.165) is 16.9 Å². The molecule has 1 aliphatic rings. The van der Waals surface area contributed by atoms with E-state index >= 15 is 0 Å². The molecular formula is C23H26N2O3. The number of aryl methyl sites for hydroxylation is 1. The number of nitrogens with one attached hydrogen (secondary N) is 1. The number of nitrogens with zero attached hydrogens (tertiary/aromatic N) is 1. The second-order valence-electron chi connectivity index (χ2n) is 7.67. The number of Topliss-reactive ketones (excluding diaryl/α,β-unsaturated/α-hetero) is 1. The Morgan fingerprint density at radius 3 is 2.25 bits per heavy atom. The minimum absolute atomic E-state index is 0.257. The molecule has 2 aromatic rings. The minimum atomic E-state index is -1.16. The van der Waals surface area contributed by atoms with Crippen LogP contribution in [0.2, 0.25) is 0 Å². The van der Waals surface area contributed by atoms with Crippen molar-refractivity contribution in [2.24, 2.45) is 0 Å². The molecule has 146 valence electrons. The topological polar surface area (TPSA) is 66.5 Å². The molecule has 1 saturated heterocycles. The third kappa shape index (κ3) is 3.57. The number of urea groups is 1. The number of carbonyl (C=O) groups excluding carboxylic acids is 3. The number of carbonyl (C=O) groups is 3. The van der Waals surface area contributed by atoms with E-state index in [1.165, 1.54) is 5.56 Å². The van der Waals surface area contributed by atoms with Crippen LogP contribution >= 0.6 is 0 Å². The van der Waals surface area contributed by atoms with Crippen molar-refractivity contribution >= 4 is 17.7 Å². The number of ketones is 1. The molecule has 0 unspecified atom stereocenters. The lowest BCUT2D eigenvalue weighted by Gasteiger charge is -2.22. The molecule has 3 amide bonds. The number of imide groups is 1. The number of hydrogen-bond donors (Lipinski definition) is 1. The Morgan fingerprint density at radius 2 is 1.68 bits per heavy atom. The average Bonchev–Trinajstić information content (AvgIpc) is 2.91. The van der Waals surface area contributed by atoms with E-state index < -0.39 is 17.5 Å². The summed E-state index contributed by atoms with van der Waals surface area (Å²) in [4.78, 5) is 39.1. The molecule has 28 heavy (non-hydrogen) atoms. The first-order valence-corrected chi connectivity index (χ1v) is 9.60. The Morgan fingerprint density at radius 1 is 1.07 bits per heavy atom. The highest BCUT2D eigenvalue weighted by Gasteiger charge is 2.49. The van der Waals surface area contributed by atoms with Crippen molar-refractivity contribution in [2.45, 2.75) is 45.6 Å². The van der Waals surface area contributed by atoms with Crippen molar-refractivity contribution < 1.29 is 14.4 Å². The fourth-order valence-corrected chi connectivity index (χ4v) is 3.39. The van der Waals surface area contributed by atoms with Gasteiger partial charge in [-0.2, -0.15) is 0 Å². The zero-order valence-corrected chi connectivity index (χ0v) is 16.8. The first-order chi connectivity index (χ1) is 13.3. The Kier molecular flexibility index (Phi) is 5.36. The first-order valence-electron chi connectivity index (χ1n) is 9.60. The first kappa shape index (κ1) is 19.8. The lowest BCUT2D eigenvalue weighted by molar-refractivity contribution is -0.130. The molecule has 2 atom stereocenters. The van der Waals surface area contributed by atoms with Crippen LogP contribution in [0.5, 0.6) is 0 Å². The number of amides is 3. The number of rotatable bonds is 6. The summed E-state index contributed by atoms with van der Waals surface area (Å²) in [5, 5.41) is 2.74. The molecule has 0 radical (unpaired) electrons. The fourth-order valence-electron chi connectivity index (χ4n) is 3.39. The predicted octanol–water partition coefficient (Wildman–Crippen LogP) is 4.16. The standard InChI is InChI=1S/C23H26N2O3/c1-5-16(3)17-8-10-18(11-9-17)20(26)14-25-21(27)23(4,24-22(25)28)19-12-6-15(2)7-13-19/h6-13,16H,5,14H2,1-4H3,(H,24,28)/t16-,23-/m1/s1. The SMILES string of the molecule is CC[C@@H](C)c1ccc(C(=O)CN2C(=O)N[C@](C)(c3ccc(C)cc3)C2=O)cc1. The molecule has 1 heterocycles. The van der Waals surface area contributed by atoms with Gasteiger partial charge in [-0.05, 0) is 37.3 Å². The van der Waals surface area contributed by atoms with Gasteiger partial charge in [0.1, 0.15) is 5.54 Å². The van der Waals surface area contributed by atoms with Crippen LogP contribution in [0.1, 0.15) is 60.2 Å². The molecule has 0 spiro atoms. The van der Waals surface area contributed by atoms with E-state index in [1.54, 1.807) is 19.1 Å². The summed E-state index contributed by atoms with van der Waals surface area (Å²) in [6, 6.07) is 14.3. The normalized spacial score (nSPS) is 20.2. The van der Waals surface area contributed by atoms with E-state index in [4.69, 9.17) is 0 Å². The molecule has 0 aromatic heterocycles. The van der Waals surface area contributed by atoms with Crippen LogP contribution in [0.4, 0.5) is 4.79 Å². The van der Waals surface area contributed by atoms with Crippen LogP contribution in [0.25, 0.3) is 0 Å². The maximum absolute atomic E-state index is 13.0. The Bertz CT molecular complexity index is 902. The highest BCUT2D eigenvalue weighted by Crippen LogP contribution is 2.29. The van der Waals surface area contributed by atoms with Crippen molar-refractivity contribution in [1.82, 2.24) is 10.2 Å². The lowest BCUT2D eigenvalue weighted by Crippen LogP contribution is -2.41. The Labute approximate surface area is 165 Å². The zero-order valence-electron chi connectivity index (χ0n) is 16.8. The van der Waals surface area contributed by atoms with Crippen molar-refractivity contribution in [1.29, 1.82) is 0 Å². The molecule has 0 bridgehead atoms. The second-order valence-corrected chi connectivity index (χ2v) is 7.67. The minimum Gasteiger partial charge on any atom is -0.319 e. The zero-order chi connectivity index (χ0) is 20.5. The molecule has 1 aliphatic heterocycles. The molecule has 0 aliphatic carbocycles. The Hall–Kier alpha value is -2.95. The summed E-state index contributed by atoms with van der Waals surface area (Å²) in [7, 11) is 0. The second kappa shape index (κ2) is 7.58. The van der Waals surface area contributed by atoms with Crippen LogP contribution in [0.3, 0.4) is 0 Å². The van der Waals surface area contributed by atoms with Crippen LogP contribution in [0.15, 0.2) is 48.5 Å². The quantitative estimate of drug-likeness (QED) is 0.606. The van der Waals surface area contributed by atoms with Crippen molar-refractivity contribution in [3.63, 3.8) is 0 Å². The molecule has 1 fully saturated rings. The van der Waals surface area contributed by atoms with Gasteiger partial charge in [0.2, 0.25) is 0 Å². The summed E-state index contributed by atoms with van der Waals surface area (Å²) in [6.07, 6.45) is 1.02. The van der Waals surface area contributed by atoms with Gasteiger partial charge in [0.05, 0.1) is 6.54 Å². The van der Waals surface area contributed by atoms with E-state index in [0.29, 0.717) is 17.0 Å². The summed E-state index contributed by atoms with van der Waals surface area (Å²) < 4.78 is 0. The fraction of sp³-hybridized carbons (Fsp3) is 0.348. The van der Waals surface area contributed by atoms with E-state index in [-0.39, 0.29) is 12.3 Å². The molecular weight excluding hydrogens is 352 g/mol. The maximum Gasteiger partial charge on any atom is 0.325 e.